The van der Waals surface area contributed by atoms with Gasteiger partial charge in [0.2, 0.25) is 11.8 Å². The molecule has 0 bridgehead atoms. The highest BCUT2D eigenvalue weighted by atomic mass is 32.1. The van der Waals surface area contributed by atoms with Crippen LogP contribution < -0.4 is 10.6 Å². The van der Waals surface area contributed by atoms with Crippen molar-refractivity contribution in [2.75, 3.05) is 24.9 Å². The van der Waals surface area contributed by atoms with Crippen LogP contribution in [0.15, 0.2) is 0 Å². The van der Waals surface area contributed by atoms with E-state index in [2.05, 4.69) is 24.5 Å². The quantitative estimate of drug-likeness (QED) is 0.329. The summed E-state index contributed by atoms with van der Waals surface area (Å²) in [7, 11) is 2.71. The SMILES string of the molecule is CCC1CCc2c(sc(NC(=O)CCCC(=O)Nc3sc4c(c3C(=O)OC)CCC(CC)C4)c2C(=O)OC)C1. The van der Waals surface area contributed by atoms with Gasteiger partial charge in [0.1, 0.15) is 10.0 Å². The van der Waals surface area contributed by atoms with Crippen LogP contribution in [0, 0.1) is 11.8 Å². The van der Waals surface area contributed by atoms with Crippen molar-refractivity contribution in [2.24, 2.45) is 11.8 Å². The fraction of sp³-hybridized carbons (Fsp3) is 0.586. The molecule has 2 aliphatic carbocycles. The second-order valence-corrected chi connectivity index (χ2v) is 12.6. The van der Waals surface area contributed by atoms with E-state index in [1.54, 1.807) is 0 Å². The monoisotopic (exact) mass is 574 g/mol. The lowest BCUT2D eigenvalue weighted by atomic mass is 9.85. The number of esters is 2. The van der Waals surface area contributed by atoms with Crippen molar-refractivity contribution in [3.8, 4) is 0 Å². The van der Waals surface area contributed by atoms with E-state index in [0.29, 0.717) is 39.4 Å². The maximum absolute atomic E-state index is 12.8. The van der Waals surface area contributed by atoms with Gasteiger partial charge >= 0.3 is 11.9 Å². The Morgan fingerprint density at radius 2 is 1.15 bits per heavy atom. The lowest BCUT2D eigenvalue weighted by Gasteiger charge is -2.20. The third-order valence-corrected chi connectivity index (χ3v) is 10.3. The summed E-state index contributed by atoms with van der Waals surface area (Å²) in [5, 5.41) is 6.88. The molecular formula is C29H38N2O6S2. The van der Waals surface area contributed by atoms with Gasteiger partial charge in [-0.05, 0) is 67.9 Å². The second-order valence-electron chi connectivity index (χ2n) is 10.4. The highest BCUT2D eigenvalue weighted by molar-refractivity contribution is 7.17. The van der Waals surface area contributed by atoms with Crippen LogP contribution in [-0.4, -0.2) is 38.0 Å². The molecule has 212 valence electrons. The molecule has 2 N–H and O–H groups in total. The summed E-state index contributed by atoms with van der Waals surface area (Å²) in [6.07, 6.45) is 8.27. The fourth-order valence-corrected chi connectivity index (χ4v) is 8.34. The van der Waals surface area contributed by atoms with E-state index in [9.17, 15) is 19.2 Å². The minimum Gasteiger partial charge on any atom is -0.465 e. The summed E-state index contributed by atoms with van der Waals surface area (Å²) < 4.78 is 10.0. The van der Waals surface area contributed by atoms with E-state index < -0.39 is 11.9 Å². The average Bonchev–Trinajstić information content (AvgIpc) is 3.47. The van der Waals surface area contributed by atoms with Crippen LogP contribution in [0.4, 0.5) is 10.0 Å². The number of methoxy groups -OCH3 is 2. The maximum atomic E-state index is 12.8. The van der Waals surface area contributed by atoms with Crippen molar-refractivity contribution in [1.29, 1.82) is 0 Å². The summed E-state index contributed by atoms with van der Waals surface area (Å²) in [6, 6.07) is 0. The number of anilines is 2. The van der Waals surface area contributed by atoms with Crippen LogP contribution in [-0.2, 0) is 44.7 Å². The molecule has 2 atom stereocenters. The highest BCUT2D eigenvalue weighted by Gasteiger charge is 2.31. The molecule has 2 aromatic heterocycles. The lowest BCUT2D eigenvalue weighted by molar-refractivity contribution is -0.117. The molecule has 0 fully saturated rings. The first-order valence-corrected chi connectivity index (χ1v) is 15.5. The number of fused-ring (bicyclic) bond motifs is 2. The van der Waals surface area contributed by atoms with Gasteiger partial charge in [0.15, 0.2) is 0 Å². The zero-order chi connectivity index (χ0) is 28.1. The normalized spacial score (nSPS) is 18.1. The Kier molecular flexibility index (Phi) is 9.82. The van der Waals surface area contributed by atoms with Gasteiger partial charge in [0, 0.05) is 22.6 Å². The number of ether oxygens (including phenoxy) is 2. The summed E-state index contributed by atoms with van der Waals surface area (Å²) >= 11 is 2.92. The molecule has 10 heteroatoms. The lowest BCUT2D eigenvalue weighted by Crippen LogP contribution is -2.18. The van der Waals surface area contributed by atoms with Crippen LogP contribution in [0.2, 0.25) is 0 Å². The minimum atomic E-state index is -0.428. The van der Waals surface area contributed by atoms with Crippen LogP contribution >= 0.6 is 22.7 Å². The largest absolute Gasteiger partial charge is 0.465 e. The summed E-state index contributed by atoms with van der Waals surface area (Å²) in [5.41, 5.74) is 2.94. The third kappa shape index (κ3) is 6.54. The Bertz CT molecular complexity index is 1150. The molecule has 2 aromatic rings. The molecule has 0 radical (unpaired) electrons. The van der Waals surface area contributed by atoms with Gasteiger partial charge in [0.25, 0.3) is 0 Å². The number of hydrogen-bond donors (Lipinski definition) is 2. The first-order valence-electron chi connectivity index (χ1n) is 13.8. The van der Waals surface area contributed by atoms with E-state index in [1.165, 1.54) is 36.9 Å². The van der Waals surface area contributed by atoms with Crippen LogP contribution in [0.1, 0.15) is 100 Å². The predicted molar refractivity (Wildman–Crippen MR) is 154 cm³/mol. The van der Waals surface area contributed by atoms with E-state index in [1.807, 2.05) is 0 Å². The van der Waals surface area contributed by atoms with Crippen LogP contribution in [0.3, 0.4) is 0 Å². The van der Waals surface area contributed by atoms with Crippen molar-refractivity contribution in [3.05, 3.63) is 32.0 Å². The molecule has 0 aromatic carbocycles. The Hall–Kier alpha value is -2.72. The van der Waals surface area contributed by atoms with E-state index in [-0.39, 0.29) is 24.7 Å². The summed E-state index contributed by atoms with van der Waals surface area (Å²) in [4.78, 5) is 52.9. The van der Waals surface area contributed by atoms with Gasteiger partial charge in [-0.1, -0.05) is 26.7 Å². The Morgan fingerprint density at radius 3 is 1.51 bits per heavy atom. The molecule has 8 nitrogen and oxygen atoms in total. The molecule has 2 aliphatic rings. The van der Waals surface area contributed by atoms with Crippen LogP contribution in [0.25, 0.3) is 0 Å². The molecule has 2 amide bonds. The molecule has 2 unspecified atom stereocenters. The van der Waals surface area contributed by atoms with Gasteiger partial charge in [-0.2, -0.15) is 0 Å². The Balaban J connectivity index is 1.36. The molecule has 4 rings (SSSR count). The van der Waals surface area contributed by atoms with E-state index >= 15 is 0 Å². The molecule has 0 spiro atoms. The topological polar surface area (TPSA) is 111 Å². The Labute approximate surface area is 237 Å². The number of thiophene rings is 2. The zero-order valence-electron chi connectivity index (χ0n) is 23.2. The van der Waals surface area contributed by atoms with Gasteiger partial charge < -0.3 is 20.1 Å². The number of nitrogens with one attached hydrogen (secondary N) is 2. The molecular weight excluding hydrogens is 536 g/mol. The van der Waals surface area contributed by atoms with Crippen molar-refractivity contribution < 1.29 is 28.7 Å². The standard InChI is InChI=1S/C29H38N2O6S2/c1-5-16-10-12-18-20(14-16)38-26(24(18)28(34)36-3)30-22(32)8-7-9-23(33)31-27-25(29(35)37-4)19-13-11-17(6-2)15-21(19)39-27/h16-17H,5-15H2,1-4H3,(H,30,32)(H,31,33). The highest BCUT2D eigenvalue weighted by Crippen LogP contribution is 2.42. The van der Waals surface area contributed by atoms with Crippen molar-refractivity contribution in [2.45, 2.75) is 84.5 Å². The second kappa shape index (κ2) is 13.1. The van der Waals surface area contributed by atoms with Gasteiger partial charge in [-0.3, -0.25) is 9.59 Å². The van der Waals surface area contributed by atoms with E-state index in [0.717, 1.165) is 72.2 Å². The maximum Gasteiger partial charge on any atom is 0.341 e. The first kappa shape index (κ1) is 29.3. The third-order valence-electron chi connectivity index (χ3n) is 7.98. The fourth-order valence-electron chi connectivity index (χ4n) is 5.61. The summed E-state index contributed by atoms with van der Waals surface area (Å²) in [5.74, 6) is -0.169. The molecule has 39 heavy (non-hydrogen) atoms. The number of carbonyl (C=O) groups excluding carboxylic acids is 4. The molecule has 0 aliphatic heterocycles. The Morgan fingerprint density at radius 1 is 0.744 bits per heavy atom. The molecule has 0 saturated carbocycles. The number of carbonyl (C=O) groups is 4. The van der Waals surface area contributed by atoms with Crippen molar-refractivity contribution in [3.63, 3.8) is 0 Å². The zero-order valence-corrected chi connectivity index (χ0v) is 24.8. The smallest absolute Gasteiger partial charge is 0.341 e. The number of amides is 2. The predicted octanol–water partition coefficient (Wildman–Crippen LogP) is 6.16. The molecule has 2 heterocycles. The number of hydrogen-bond acceptors (Lipinski definition) is 8. The minimum absolute atomic E-state index is 0.136. The van der Waals surface area contributed by atoms with Crippen molar-refractivity contribution in [1.82, 2.24) is 0 Å². The molecule has 0 saturated heterocycles. The van der Waals surface area contributed by atoms with Gasteiger partial charge in [0.05, 0.1) is 25.3 Å². The summed E-state index contributed by atoms with van der Waals surface area (Å²) in [6.45, 7) is 4.35. The number of rotatable bonds is 10. The first-order chi connectivity index (χ1) is 18.8. The van der Waals surface area contributed by atoms with Gasteiger partial charge in [-0.15, -0.1) is 22.7 Å². The van der Waals surface area contributed by atoms with Crippen molar-refractivity contribution >= 4 is 56.4 Å². The van der Waals surface area contributed by atoms with Crippen LogP contribution in [0.5, 0.6) is 0 Å². The average molecular weight is 575 g/mol. The van der Waals surface area contributed by atoms with E-state index in [4.69, 9.17) is 9.47 Å². The van der Waals surface area contributed by atoms with Gasteiger partial charge in [-0.25, -0.2) is 9.59 Å².